The summed E-state index contributed by atoms with van der Waals surface area (Å²) in [6.45, 7) is 0. The van der Waals surface area contributed by atoms with Crippen LogP contribution in [0.2, 0.25) is 0 Å². The molecule has 1 aliphatic carbocycles. The molecule has 1 atom stereocenters. The van der Waals surface area contributed by atoms with Gasteiger partial charge >= 0.3 is 0 Å². The Morgan fingerprint density at radius 1 is 1.58 bits per heavy atom. The van der Waals surface area contributed by atoms with Crippen molar-refractivity contribution in [2.24, 2.45) is 0 Å². The summed E-state index contributed by atoms with van der Waals surface area (Å²) in [4.78, 5) is 2.34. The van der Waals surface area contributed by atoms with Crippen molar-refractivity contribution in [3.63, 3.8) is 0 Å². The van der Waals surface area contributed by atoms with Crippen LogP contribution in [0, 0.1) is 0 Å². The Labute approximate surface area is 75.0 Å². The molecule has 3 nitrogen and oxygen atoms in total. The van der Waals surface area contributed by atoms with Crippen molar-refractivity contribution in [3.05, 3.63) is 22.8 Å². The van der Waals surface area contributed by atoms with Gasteiger partial charge in [0, 0.05) is 24.7 Å². The molecule has 0 aliphatic heterocycles. The first kappa shape index (κ1) is 9.48. The minimum absolute atomic E-state index is 0.516. The summed E-state index contributed by atoms with van der Waals surface area (Å²) in [6, 6.07) is 0. The van der Waals surface area contributed by atoms with Gasteiger partial charge in [-0.15, -0.1) is 0 Å². The van der Waals surface area contributed by atoms with Crippen molar-refractivity contribution >= 4 is 11.1 Å². The third-order valence-electron chi connectivity index (χ3n) is 1.78. The van der Waals surface area contributed by atoms with Crippen molar-refractivity contribution in [2.45, 2.75) is 12.8 Å². The molecule has 0 aromatic heterocycles. The third kappa shape index (κ3) is 1.95. The van der Waals surface area contributed by atoms with Gasteiger partial charge in [-0.05, 0) is 30.0 Å². The molecule has 0 N–H and O–H groups in total. The number of allylic oxidation sites excluding steroid dienone is 3. The molecule has 0 bridgehead atoms. The van der Waals surface area contributed by atoms with Crippen molar-refractivity contribution in [3.8, 4) is 0 Å². The Morgan fingerprint density at radius 3 is 2.67 bits per heavy atom. The smallest absolute Gasteiger partial charge is 0.0468 e. The largest absolute Gasteiger partial charge is 0.769 e. The van der Waals surface area contributed by atoms with Crippen molar-refractivity contribution in [1.82, 2.24) is 4.90 Å². The van der Waals surface area contributed by atoms with E-state index in [0.29, 0.717) is 11.3 Å². The Kier molecular flexibility index (Phi) is 3.05. The van der Waals surface area contributed by atoms with Gasteiger partial charge < -0.3 is 9.45 Å². The highest BCUT2D eigenvalue weighted by Crippen LogP contribution is 2.21. The molecular formula is C8H12NO2S-. The predicted molar refractivity (Wildman–Crippen MR) is 48.0 cm³/mol. The van der Waals surface area contributed by atoms with E-state index in [1.54, 1.807) is 0 Å². The fourth-order valence-corrected chi connectivity index (χ4v) is 1.90. The summed E-state index contributed by atoms with van der Waals surface area (Å²) in [6.07, 6.45) is 5.29. The number of hydrogen-bond donors (Lipinski definition) is 0. The zero-order chi connectivity index (χ0) is 9.14. The quantitative estimate of drug-likeness (QED) is 0.604. The maximum Gasteiger partial charge on any atom is 0.0468 e. The number of rotatable bonds is 2. The Balaban J connectivity index is 3.00. The Bertz CT molecular complexity index is 256. The zero-order valence-electron chi connectivity index (χ0n) is 7.24. The molecule has 12 heavy (non-hydrogen) atoms. The fourth-order valence-electron chi connectivity index (χ4n) is 1.20. The average molecular weight is 186 g/mol. The summed E-state index contributed by atoms with van der Waals surface area (Å²) < 4.78 is 21.5. The highest BCUT2D eigenvalue weighted by atomic mass is 32.2. The van der Waals surface area contributed by atoms with Crippen LogP contribution >= 0.6 is 0 Å². The molecule has 0 spiro atoms. The molecule has 0 heterocycles. The summed E-state index contributed by atoms with van der Waals surface area (Å²) in [5.41, 5.74) is 0.801. The van der Waals surface area contributed by atoms with Gasteiger partial charge in [0.15, 0.2) is 0 Å². The van der Waals surface area contributed by atoms with E-state index < -0.39 is 11.1 Å². The minimum Gasteiger partial charge on any atom is -0.769 e. The Hall–Kier alpha value is -0.610. The Morgan fingerprint density at radius 2 is 2.25 bits per heavy atom. The van der Waals surface area contributed by atoms with Gasteiger partial charge in [0.05, 0.1) is 0 Å². The van der Waals surface area contributed by atoms with Gasteiger partial charge in [-0.25, -0.2) is 0 Å². The van der Waals surface area contributed by atoms with E-state index >= 15 is 0 Å². The lowest BCUT2D eigenvalue weighted by molar-refractivity contribution is 0.509. The SMILES string of the molecule is CN(C)C1=C(S(=O)[O-])CCC=C1. The van der Waals surface area contributed by atoms with E-state index in [-0.39, 0.29) is 0 Å². The van der Waals surface area contributed by atoms with Gasteiger partial charge in [-0.2, -0.15) is 0 Å². The van der Waals surface area contributed by atoms with Gasteiger partial charge in [0.2, 0.25) is 0 Å². The van der Waals surface area contributed by atoms with E-state index in [9.17, 15) is 8.76 Å². The third-order valence-corrected chi connectivity index (χ3v) is 2.60. The molecule has 0 saturated carbocycles. The summed E-state index contributed by atoms with van der Waals surface area (Å²) in [7, 11) is 3.69. The van der Waals surface area contributed by atoms with Gasteiger partial charge in [-0.1, -0.05) is 6.08 Å². The normalized spacial score (nSPS) is 19.6. The fraction of sp³-hybridized carbons (Fsp3) is 0.500. The second-order valence-corrected chi connectivity index (χ2v) is 3.84. The molecule has 0 saturated heterocycles. The molecule has 4 heteroatoms. The molecule has 0 aromatic rings. The highest BCUT2D eigenvalue weighted by molar-refractivity contribution is 7.83. The van der Waals surface area contributed by atoms with E-state index in [1.807, 2.05) is 31.1 Å². The average Bonchev–Trinajstić information content (AvgIpc) is 2.04. The molecule has 68 valence electrons. The van der Waals surface area contributed by atoms with Crippen LogP contribution in [0.4, 0.5) is 0 Å². The van der Waals surface area contributed by atoms with Crippen LogP contribution in [-0.4, -0.2) is 27.8 Å². The van der Waals surface area contributed by atoms with Crippen LogP contribution in [0.3, 0.4) is 0 Å². The predicted octanol–water partition coefficient (Wildman–Crippen LogP) is 0.989. The van der Waals surface area contributed by atoms with E-state index in [2.05, 4.69) is 0 Å². The molecule has 0 aromatic carbocycles. The van der Waals surface area contributed by atoms with Crippen molar-refractivity contribution < 1.29 is 8.76 Å². The molecule has 0 amide bonds. The summed E-state index contributed by atoms with van der Waals surface area (Å²) in [5.74, 6) is 0. The van der Waals surface area contributed by atoms with Crippen molar-refractivity contribution in [2.75, 3.05) is 14.1 Å². The second-order valence-electron chi connectivity index (χ2n) is 2.88. The van der Waals surface area contributed by atoms with E-state index in [0.717, 1.165) is 12.1 Å². The topological polar surface area (TPSA) is 43.4 Å². The van der Waals surface area contributed by atoms with Crippen LogP contribution in [0.1, 0.15) is 12.8 Å². The minimum atomic E-state index is -2.07. The lowest BCUT2D eigenvalue weighted by atomic mass is 10.1. The molecule has 1 rings (SSSR count). The number of nitrogens with zero attached hydrogens (tertiary/aromatic N) is 1. The molecule has 0 radical (unpaired) electrons. The molecule has 1 unspecified atom stereocenters. The molecular weight excluding hydrogens is 174 g/mol. The van der Waals surface area contributed by atoms with Crippen LogP contribution in [0.5, 0.6) is 0 Å². The van der Waals surface area contributed by atoms with Crippen molar-refractivity contribution in [1.29, 1.82) is 0 Å². The van der Waals surface area contributed by atoms with Gasteiger partial charge in [0.1, 0.15) is 0 Å². The van der Waals surface area contributed by atoms with Gasteiger partial charge in [-0.3, -0.25) is 4.21 Å². The van der Waals surface area contributed by atoms with E-state index in [1.165, 1.54) is 0 Å². The number of likely N-dealkylation sites (N-methyl/N-ethyl adjacent to an activating group) is 1. The first-order chi connectivity index (χ1) is 5.63. The monoisotopic (exact) mass is 186 g/mol. The van der Waals surface area contributed by atoms with Crippen LogP contribution in [0.25, 0.3) is 0 Å². The first-order valence-corrected chi connectivity index (χ1v) is 4.86. The molecule has 0 fully saturated rings. The van der Waals surface area contributed by atoms with Crippen LogP contribution < -0.4 is 0 Å². The highest BCUT2D eigenvalue weighted by Gasteiger charge is 2.09. The standard InChI is InChI=1S/C8H13NO2S/c1-9(2)7-5-3-4-6-8(7)12(10)11/h3,5H,4,6H2,1-2H3,(H,10,11)/p-1. The maximum absolute atomic E-state index is 10.8. The first-order valence-electron chi connectivity index (χ1n) is 3.79. The van der Waals surface area contributed by atoms with E-state index in [4.69, 9.17) is 0 Å². The lowest BCUT2D eigenvalue weighted by Gasteiger charge is -2.23. The van der Waals surface area contributed by atoms with Gasteiger partial charge in [0.25, 0.3) is 0 Å². The zero-order valence-corrected chi connectivity index (χ0v) is 8.06. The summed E-state index contributed by atoms with van der Waals surface area (Å²) >= 11 is -2.07. The lowest BCUT2D eigenvalue weighted by Crippen LogP contribution is -2.15. The van der Waals surface area contributed by atoms with Crippen LogP contribution in [0.15, 0.2) is 22.8 Å². The number of hydrogen-bond acceptors (Lipinski definition) is 3. The maximum atomic E-state index is 10.8. The second kappa shape index (κ2) is 3.87. The summed E-state index contributed by atoms with van der Waals surface area (Å²) in [5, 5.41) is 0. The van der Waals surface area contributed by atoms with Crippen LogP contribution in [-0.2, 0) is 11.1 Å². The molecule has 1 aliphatic rings.